The fourth-order valence-electron chi connectivity index (χ4n) is 3.92. The molecule has 0 aliphatic heterocycles. The van der Waals surface area contributed by atoms with Gasteiger partial charge in [-0.25, -0.2) is 4.39 Å². The molecule has 1 fully saturated rings. The number of nitrogens with one attached hydrogen (secondary N) is 2. The summed E-state index contributed by atoms with van der Waals surface area (Å²) in [7, 11) is 0. The van der Waals surface area contributed by atoms with Crippen LogP contribution < -0.4 is 10.2 Å². The highest BCUT2D eigenvalue weighted by Gasteiger charge is 2.26. The number of hydrogen-bond acceptors (Lipinski definition) is 2. The van der Waals surface area contributed by atoms with Crippen LogP contribution in [0.5, 0.6) is 0 Å². The summed E-state index contributed by atoms with van der Waals surface area (Å²) in [5, 5.41) is 2.84. The second kappa shape index (κ2) is 9.70. The van der Waals surface area contributed by atoms with Crippen LogP contribution in [0.4, 0.5) is 4.39 Å². The Kier molecular flexibility index (Phi) is 7.04. The number of furan rings is 1. The van der Waals surface area contributed by atoms with Crippen molar-refractivity contribution in [2.24, 2.45) is 0 Å². The normalized spacial score (nSPS) is 16.2. The van der Waals surface area contributed by atoms with E-state index in [1.54, 1.807) is 18.2 Å². The zero-order chi connectivity index (χ0) is 19.1. The summed E-state index contributed by atoms with van der Waals surface area (Å²) in [6.07, 6.45) is 7.07. The van der Waals surface area contributed by atoms with E-state index in [0.29, 0.717) is 24.9 Å². The lowest BCUT2D eigenvalue weighted by Crippen LogP contribution is -3.13. The van der Waals surface area contributed by atoms with Gasteiger partial charge < -0.3 is 14.6 Å². The van der Waals surface area contributed by atoms with Crippen molar-refractivity contribution in [1.29, 1.82) is 0 Å². The molecule has 0 saturated heterocycles. The molecule has 1 unspecified atom stereocenters. The minimum absolute atomic E-state index is 0.160. The predicted octanol–water partition coefficient (Wildman–Crippen LogP) is 3.48. The Labute approximate surface area is 160 Å². The van der Waals surface area contributed by atoms with Crippen LogP contribution in [0.25, 0.3) is 0 Å². The van der Waals surface area contributed by atoms with E-state index in [1.807, 2.05) is 19.1 Å². The van der Waals surface area contributed by atoms with Gasteiger partial charge in [0, 0.05) is 12.1 Å². The van der Waals surface area contributed by atoms with Gasteiger partial charge in [-0.1, -0.05) is 25.5 Å². The molecule has 1 aliphatic rings. The Bertz CT molecular complexity index is 737. The molecule has 3 rings (SSSR count). The summed E-state index contributed by atoms with van der Waals surface area (Å²) in [5.74, 6) is 0.830. The van der Waals surface area contributed by atoms with Gasteiger partial charge in [0.25, 0.3) is 5.91 Å². The second-order valence-electron chi connectivity index (χ2n) is 7.50. The summed E-state index contributed by atoms with van der Waals surface area (Å²) < 4.78 is 19.4. The third-order valence-electron chi connectivity index (χ3n) is 5.33. The number of carbonyl (C=O) groups is 1. The SMILES string of the molecule is CCCNC(=O)c1ccc(C[NH+](Cc2cccc(F)c2)C2CCCCC2)o1. The molecule has 1 aliphatic carbocycles. The van der Waals surface area contributed by atoms with Gasteiger partial charge in [0.1, 0.15) is 18.9 Å². The fraction of sp³-hybridized carbons (Fsp3) is 0.500. The number of quaternary nitrogens is 1. The Balaban J connectivity index is 1.71. The van der Waals surface area contributed by atoms with Gasteiger partial charge in [0.2, 0.25) is 0 Å². The van der Waals surface area contributed by atoms with Gasteiger partial charge >= 0.3 is 0 Å². The third kappa shape index (κ3) is 5.67. The molecule has 1 atom stereocenters. The van der Waals surface area contributed by atoms with E-state index in [1.165, 1.54) is 43.1 Å². The van der Waals surface area contributed by atoms with Crippen molar-refractivity contribution in [3.05, 3.63) is 59.3 Å². The average Bonchev–Trinajstić information content (AvgIpc) is 3.15. The highest BCUT2D eigenvalue weighted by atomic mass is 19.1. The van der Waals surface area contributed by atoms with Gasteiger partial charge in [0.15, 0.2) is 11.5 Å². The molecule has 1 heterocycles. The van der Waals surface area contributed by atoms with Gasteiger partial charge in [-0.05, 0) is 56.4 Å². The van der Waals surface area contributed by atoms with E-state index in [0.717, 1.165) is 24.3 Å². The second-order valence-corrected chi connectivity index (χ2v) is 7.50. The third-order valence-corrected chi connectivity index (χ3v) is 5.33. The average molecular weight is 373 g/mol. The van der Waals surface area contributed by atoms with Crippen LogP contribution in [0, 0.1) is 5.82 Å². The lowest BCUT2D eigenvalue weighted by Gasteiger charge is -2.31. The van der Waals surface area contributed by atoms with Gasteiger partial charge in [-0.2, -0.15) is 0 Å². The fourth-order valence-corrected chi connectivity index (χ4v) is 3.92. The van der Waals surface area contributed by atoms with Crippen LogP contribution in [0.15, 0.2) is 40.8 Å². The number of carbonyl (C=O) groups excluding carboxylic acids is 1. The number of hydrogen-bond donors (Lipinski definition) is 2. The van der Waals surface area contributed by atoms with Gasteiger partial charge in [-0.15, -0.1) is 0 Å². The highest BCUT2D eigenvalue weighted by Crippen LogP contribution is 2.17. The molecule has 4 nitrogen and oxygen atoms in total. The van der Waals surface area contributed by atoms with Crippen molar-refractivity contribution < 1.29 is 18.5 Å². The Morgan fingerprint density at radius 1 is 1.19 bits per heavy atom. The molecule has 0 bridgehead atoms. The van der Waals surface area contributed by atoms with Crippen LogP contribution >= 0.6 is 0 Å². The van der Waals surface area contributed by atoms with Crippen LogP contribution in [-0.4, -0.2) is 18.5 Å². The lowest BCUT2D eigenvalue weighted by molar-refractivity contribution is -0.954. The van der Waals surface area contributed by atoms with E-state index in [4.69, 9.17) is 4.42 Å². The van der Waals surface area contributed by atoms with Crippen molar-refractivity contribution >= 4 is 5.91 Å². The highest BCUT2D eigenvalue weighted by molar-refractivity contribution is 5.91. The quantitative estimate of drug-likeness (QED) is 0.744. The zero-order valence-corrected chi connectivity index (χ0v) is 16.1. The maximum absolute atomic E-state index is 13.6. The first-order valence-corrected chi connectivity index (χ1v) is 10.1. The van der Waals surface area contributed by atoms with Crippen LogP contribution in [-0.2, 0) is 13.1 Å². The van der Waals surface area contributed by atoms with E-state index < -0.39 is 0 Å². The first-order chi connectivity index (χ1) is 13.2. The van der Waals surface area contributed by atoms with Gasteiger partial charge in [0.05, 0.1) is 6.04 Å². The number of halogens is 1. The summed E-state index contributed by atoms with van der Waals surface area (Å²) in [4.78, 5) is 13.5. The van der Waals surface area contributed by atoms with Gasteiger partial charge in [-0.3, -0.25) is 4.79 Å². The van der Waals surface area contributed by atoms with E-state index >= 15 is 0 Å². The van der Waals surface area contributed by atoms with Crippen molar-refractivity contribution in [2.45, 2.75) is 64.6 Å². The molecule has 146 valence electrons. The summed E-state index contributed by atoms with van der Waals surface area (Å²) in [6, 6.07) is 11.1. The lowest BCUT2D eigenvalue weighted by atomic mass is 9.93. The first-order valence-electron chi connectivity index (χ1n) is 10.1. The molecule has 5 heteroatoms. The maximum atomic E-state index is 13.6. The molecule has 1 amide bonds. The van der Waals surface area contributed by atoms with Crippen LogP contribution in [0.2, 0.25) is 0 Å². The maximum Gasteiger partial charge on any atom is 0.286 e. The summed E-state index contributed by atoms with van der Waals surface area (Å²) in [6.45, 7) is 4.14. The molecule has 1 saturated carbocycles. The van der Waals surface area contributed by atoms with Crippen molar-refractivity contribution in [1.82, 2.24) is 5.32 Å². The van der Waals surface area contributed by atoms with Crippen molar-refractivity contribution in [2.75, 3.05) is 6.54 Å². The first kappa shape index (κ1) is 19.6. The molecule has 1 aromatic heterocycles. The molecule has 0 radical (unpaired) electrons. The molecular weight excluding hydrogens is 343 g/mol. The van der Waals surface area contributed by atoms with E-state index in [2.05, 4.69) is 5.32 Å². The Morgan fingerprint density at radius 3 is 2.74 bits per heavy atom. The van der Waals surface area contributed by atoms with Crippen LogP contribution in [0.1, 0.15) is 67.3 Å². The predicted molar refractivity (Wildman–Crippen MR) is 103 cm³/mol. The largest absolute Gasteiger partial charge is 0.450 e. The monoisotopic (exact) mass is 373 g/mol. The smallest absolute Gasteiger partial charge is 0.286 e. The molecule has 1 aromatic carbocycles. The number of amides is 1. The van der Waals surface area contributed by atoms with Crippen molar-refractivity contribution in [3.63, 3.8) is 0 Å². The number of rotatable bonds is 8. The minimum atomic E-state index is -0.191. The van der Waals surface area contributed by atoms with E-state index in [-0.39, 0.29) is 11.7 Å². The van der Waals surface area contributed by atoms with Crippen molar-refractivity contribution in [3.8, 4) is 0 Å². The van der Waals surface area contributed by atoms with E-state index in [9.17, 15) is 9.18 Å². The van der Waals surface area contributed by atoms with Crippen LogP contribution in [0.3, 0.4) is 0 Å². The number of benzene rings is 1. The standard InChI is InChI=1S/C22H29FN2O2/c1-2-13-24-22(26)21-12-11-20(27-21)16-25(19-9-4-3-5-10-19)15-17-7-6-8-18(23)14-17/h6-8,11-12,14,19H,2-5,9-10,13,15-16H2,1H3,(H,24,26)/p+1. The topological polar surface area (TPSA) is 46.7 Å². The minimum Gasteiger partial charge on any atom is -0.450 e. The molecule has 2 aromatic rings. The molecule has 0 spiro atoms. The zero-order valence-electron chi connectivity index (χ0n) is 16.1. The molecular formula is C22H30FN2O2+. The summed E-state index contributed by atoms with van der Waals surface area (Å²) in [5.41, 5.74) is 1.00. The Hall–Kier alpha value is -2.14. The molecule has 2 N–H and O–H groups in total. The Morgan fingerprint density at radius 2 is 2.00 bits per heavy atom. The summed E-state index contributed by atoms with van der Waals surface area (Å²) >= 11 is 0. The molecule has 27 heavy (non-hydrogen) atoms.